The molecule has 0 fully saturated rings. The topological polar surface area (TPSA) is 102 Å². The maximum atomic E-state index is 13.0. The molecule has 0 aliphatic carbocycles. The van der Waals surface area contributed by atoms with Gasteiger partial charge in [0.2, 0.25) is 0 Å². The van der Waals surface area contributed by atoms with Crippen molar-refractivity contribution in [2.45, 2.75) is 16.0 Å². The quantitative estimate of drug-likeness (QED) is 0.458. The maximum Gasteiger partial charge on any atom is 0.417 e. The lowest BCUT2D eigenvalue weighted by atomic mass is 10.2. The van der Waals surface area contributed by atoms with E-state index in [9.17, 15) is 30.0 Å². The van der Waals surface area contributed by atoms with Crippen molar-refractivity contribution in [2.24, 2.45) is 0 Å². The van der Waals surface area contributed by atoms with Gasteiger partial charge in [-0.2, -0.15) is 13.2 Å². The number of halogens is 4. The molecule has 7 nitrogen and oxygen atoms in total. The van der Waals surface area contributed by atoms with E-state index in [4.69, 9.17) is 16.3 Å². The smallest absolute Gasteiger partial charge is 0.417 e. The van der Waals surface area contributed by atoms with Gasteiger partial charge in [0, 0.05) is 11.4 Å². The average molecular weight is 521 g/mol. The van der Waals surface area contributed by atoms with Crippen molar-refractivity contribution in [1.29, 1.82) is 0 Å². The van der Waals surface area contributed by atoms with Gasteiger partial charge >= 0.3 is 6.18 Å². The zero-order valence-corrected chi connectivity index (χ0v) is 19.1. The van der Waals surface area contributed by atoms with Gasteiger partial charge < -0.3 is 4.74 Å². The van der Waals surface area contributed by atoms with E-state index in [1.165, 1.54) is 31.4 Å². The number of hydrogen-bond acceptors (Lipinski definition) is 5. The van der Waals surface area contributed by atoms with Crippen molar-refractivity contribution in [3.63, 3.8) is 0 Å². The highest BCUT2D eigenvalue weighted by molar-refractivity contribution is 7.93. The van der Waals surface area contributed by atoms with E-state index in [1.807, 2.05) is 0 Å². The summed E-state index contributed by atoms with van der Waals surface area (Å²) in [6.07, 6.45) is -4.84. The van der Waals surface area contributed by atoms with Gasteiger partial charge in [-0.1, -0.05) is 11.6 Å². The van der Waals surface area contributed by atoms with E-state index in [0.717, 1.165) is 24.3 Å². The highest BCUT2D eigenvalue weighted by Crippen LogP contribution is 2.36. The van der Waals surface area contributed by atoms with E-state index >= 15 is 0 Å². The Morgan fingerprint density at radius 2 is 1.21 bits per heavy atom. The number of hydrogen-bond donors (Lipinski definition) is 2. The third-order valence-electron chi connectivity index (χ3n) is 4.31. The molecule has 0 aliphatic rings. The molecule has 0 atom stereocenters. The van der Waals surface area contributed by atoms with Crippen molar-refractivity contribution in [3.8, 4) is 5.75 Å². The Morgan fingerprint density at radius 3 is 1.70 bits per heavy atom. The molecule has 0 bridgehead atoms. The molecule has 3 aromatic rings. The van der Waals surface area contributed by atoms with Crippen LogP contribution < -0.4 is 14.2 Å². The lowest BCUT2D eigenvalue weighted by molar-refractivity contribution is -0.137. The molecule has 0 unspecified atom stereocenters. The van der Waals surface area contributed by atoms with Crippen LogP contribution in [0.15, 0.2) is 76.5 Å². The predicted octanol–water partition coefficient (Wildman–Crippen LogP) is 4.97. The van der Waals surface area contributed by atoms with Crippen LogP contribution in [0.4, 0.5) is 24.5 Å². The summed E-state index contributed by atoms with van der Waals surface area (Å²) in [7, 11) is -6.91. The Bertz CT molecular complexity index is 1360. The number of benzene rings is 3. The number of ether oxygens (including phenoxy) is 1. The van der Waals surface area contributed by atoms with Crippen molar-refractivity contribution in [2.75, 3.05) is 16.6 Å². The Hall–Kier alpha value is -2.96. The Kier molecular flexibility index (Phi) is 6.82. The Labute approximate surface area is 193 Å². The number of anilines is 2. The molecule has 0 amide bonds. The van der Waals surface area contributed by atoms with Crippen molar-refractivity contribution >= 4 is 43.0 Å². The fourth-order valence-electron chi connectivity index (χ4n) is 2.68. The second-order valence-corrected chi connectivity index (χ2v) is 10.4. The van der Waals surface area contributed by atoms with Gasteiger partial charge in [-0.25, -0.2) is 16.8 Å². The van der Waals surface area contributed by atoms with Crippen LogP contribution in [0.3, 0.4) is 0 Å². The van der Waals surface area contributed by atoms with Crippen LogP contribution in [0.2, 0.25) is 5.02 Å². The molecular formula is C20H16ClF3N2O5S2. The molecule has 176 valence electrons. The van der Waals surface area contributed by atoms with Gasteiger partial charge in [0.25, 0.3) is 20.0 Å². The lowest BCUT2D eigenvalue weighted by Crippen LogP contribution is -2.15. The number of methoxy groups -OCH3 is 1. The molecular weight excluding hydrogens is 505 g/mol. The second kappa shape index (κ2) is 9.12. The highest BCUT2D eigenvalue weighted by Gasteiger charge is 2.34. The molecule has 0 aromatic heterocycles. The first-order valence-electron chi connectivity index (χ1n) is 8.98. The maximum absolute atomic E-state index is 13.0. The largest absolute Gasteiger partial charge is 0.497 e. The van der Waals surface area contributed by atoms with E-state index in [1.54, 1.807) is 12.1 Å². The minimum Gasteiger partial charge on any atom is -0.497 e. The van der Waals surface area contributed by atoms with E-state index in [2.05, 4.69) is 9.44 Å². The van der Waals surface area contributed by atoms with E-state index < -0.39 is 41.7 Å². The fraction of sp³-hybridized carbons (Fsp3) is 0.100. The predicted molar refractivity (Wildman–Crippen MR) is 118 cm³/mol. The fourth-order valence-corrected chi connectivity index (χ4v) is 5.05. The molecule has 0 saturated heterocycles. The van der Waals surface area contributed by atoms with Crippen LogP contribution in [0, 0.1) is 0 Å². The van der Waals surface area contributed by atoms with Crippen molar-refractivity contribution in [3.05, 3.63) is 77.3 Å². The molecule has 3 aromatic carbocycles. The highest BCUT2D eigenvalue weighted by atomic mass is 35.5. The van der Waals surface area contributed by atoms with E-state index in [-0.39, 0.29) is 16.3 Å². The summed E-state index contributed by atoms with van der Waals surface area (Å²) in [6, 6.07) is 12.9. The standard InChI is InChI=1S/C20H16ClF3N2O5S2/c1-31-15-6-2-13(3-7-15)25-32(27,28)16-8-4-14(5-9-16)26-33(29,30)17-10-11-19(21)18(12-17)20(22,23)24/h2-12,25-26H,1H3. The second-order valence-electron chi connectivity index (χ2n) is 6.60. The SMILES string of the molecule is COc1ccc(NS(=O)(=O)c2ccc(NS(=O)(=O)c3ccc(Cl)c(C(F)(F)F)c3)cc2)cc1. The average Bonchev–Trinajstić information content (AvgIpc) is 2.73. The van der Waals surface area contributed by atoms with Gasteiger partial charge in [-0.05, 0) is 66.7 Å². The number of sulfonamides is 2. The summed E-state index contributed by atoms with van der Waals surface area (Å²) in [5.74, 6) is 0.539. The van der Waals surface area contributed by atoms with Crippen molar-refractivity contribution < 1.29 is 34.7 Å². The zero-order chi connectivity index (χ0) is 24.4. The van der Waals surface area contributed by atoms with Crippen LogP contribution in [0.1, 0.15) is 5.56 Å². The summed E-state index contributed by atoms with van der Waals surface area (Å²) in [5, 5.41) is -0.639. The number of nitrogens with one attached hydrogen (secondary N) is 2. The number of alkyl halides is 3. The first-order valence-corrected chi connectivity index (χ1v) is 12.3. The summed E-state index contributed by atoms with van der Waals surface area (Å²) < 4.78 is 98.6. The summed E-state index contributed by atoms with van der Waals surface area (Å²) in [5.41, 5.74) is -1.07. The van der Waals surface area contributed by atoms with Gasteiger partial charge in [0.15, 0.2) is 0 Å². The Morgan fingerprint density at radius 1 is 0.758 bits per heavy atom. The zero-order valence-electron chi connectivity index (χ0n) is 16.7. The first kappa shape index (κ1) is 24.7. The third-order valence-corrected chi connectivity index (χ3v) is 7.42. The molecule has 2 N–H and O–H groups in total. The van der Waals surface area contributed by atoms with Crippen molar-refractivity contribution in [1.82, 2.24) is 0 Å². The third kappa shape index (κ3) is 5.89. The van der Waals surface area contributed by atoms with Crippen LogP contribution >= 0.6 is 11.6 Å². The molecule has 0 heterocycles. The summed E-state index contributed by atoms with van der Waals surface area (Å²) in [4.78, 5) is -0.816. The molecule has 13 heteroatoms. The van der Waals surface area contributed by atoms with Gasteiger partial charge in [-0.15, -0.1) is 0 Å². The number of rotatable bonds is 7. The molecule has 0 saturated carbocycles. The summed E-state index contributed by atoms with van der Waals surface area (Å²) >= 11 is 5.52. The van der Waals surface area contributed by atoms with Crippen LogP contribution in [-0.2, 0) is 26.2 Å². The van der Waals surface area contributed by atoms with Gasteiger partial charge in [0.1, 0.15) is 5.75 Å². The lowest BCUT2D eigenvalue weighted by Gasteiger charge is -2.13. The molecule has 0 spiro atoms. The van der Waals surface area contributed by atoms with Crippen LogP contribution in [0.25, 0.3) is 0 Å². The minimum absolute atomic E-state index is 0.0538. The minimum atomic E-state index is -4.84. The van der Waals surface area contributed by atoms with E-state index in [0.29, 0.717) is 11.8 Å². The Balaban J connectivity index is 1.79. The summed E-state index contributed by atoms with van der Waals surface area (Å²) in [6.45, 7) is 0. The molecule has 0 radical (unpaired) electrons. The van der Waals surface area contributed by atoms with Gasteiger partial charge in [-0.3, -0.25) is 9.44 Å². The molecule has 0 aliphatic heterocycles. The van der Waals surface area contributed by atoms with Crippen LogP contribution in [-0.4, -0.2) is 23.9 Å². The monoisotopic (exact) mass is 520 g/mol. The van der Waals surface area contributed by atoms with Gasteiger partial charge in [0.05, 0.1) is 27.5 Å². The molecule has 33 heavy (non-hydrogen) atoms. The van der Waals surface area contributed by atoms with Crippen LogP contribution in [0.5, 0.6) is 5.75 Å². The normalized spacial score (nSPS) is 12.3. The first-order chi connectivity index (χ1) is 15.3. The molecule has 3 rings (SSSR count).